The molecule has 0 aliphatic carbocycles. The summed E-state index contributed by atoms with van der Waals surface area (Å²) in [5.74, 6) is -0.415. The average molecular weight is 302 g/mol. The third-order valence-corrected chi connectivity index (χ3v) is 2.47. The SMILES string of the molecule is CCCCOCCOCCOCCOc1cc(F)ncn1. The Morgan fingerprint density at radius 2 is 1.52 bits per heavy atom. The van der Waals surface area contributed by atoms with E-state index in [4.69, 9.17) is 18.9 Å². The average Bonchev–Trinajstić information content (AvgIpc) is 2.48. The van der Waals surface area contributed by atoms with Crippen LogP contribution in [0, 0.1) is 5.95 Å². The van der Waals surface area contributed by atoms with Crippen LogP contribution in [0.3, 0.4) is 0 Å². The fraction of sp³-hybridized carbons (Fsp3) is 0.714. The monoisotopic (exact) mass is 302 g/mol. The van der Waals surface area contributed by atoms with Crippen molar-refractivity contribution < 1.29 is 23.3 Å². The van der Waals surface area contributed by atoms with E-state index in [1.54, 1.807) is 0 Å². The highest BCUT2D eigenvalue weighted by atomic mass is 19.1. The van der Waals surface area contributed by atoms with Gasteiger partial charge >= 0.3 is 0 Å². The van der Waals surface area contributed by atoms with E-state index in [1.807, 2.05) is 0 Å². The number of unbranched alkanes of at least 4 members (excludes halogenated alkanes) is 1. The van der Waals surface area contributed by atoms with Crippen molar-refractivity contribution in [1.82, 2.24) is 9.97 Å². The van der Waals surface area contributed by atoms with Gasteiger partial charge in [0.1, 0.15) is 12.9 Å². The molecule has 0 amide bonds. The van der Waals surface area contributed by atoms with Crippen molar-refractivity contribution in [2.24, 2.45) is 0 Å². The standard InChI is InChI=1S/C14H23FN2O4/c1-2-3-4-18-5-6-19-7-8-20-9-10-21-14-11-13(15)16-12-17-14/h11-12H,2-10H2,1H3. The molecule has 0 saturated carbocycles. The van der Waals surface area contributed by atoms with Gasteiger partial charge in [0.15, 0.2) is 0 Å². The van der Waals surface area contributed by atoms with Crippen LogP contribution in [0.15, 0.2) is 12.4 Å². The van der Waals surface area contributed by atoms with Crippen molar-refractivity contribution in [2.75, 3.05) is 46.2 Å². The Balaban J connectivity index is 1.82. The van der Waals surface area contributed by atoms with E-state index < -0.39 is 5.95 Å². The molecule has 0 aliphatic rings. The predicted octanol–water partition coefficient (Wildman–Crippen LogP) is 1.84. The smallest absolute Gasteiger partial charge is 0.219 e. The van der Waals surface area contributed by atoms with Crippen LogP contribution in [0.25, 0.3) is 0 Å². The highest BCUT2D eigenvalue weighted by Crippen LogP contribution is 2.04. The topological polar surface area (TPSA) is 62.7 Å². The van der Waals surface area contributed by atoms with Crippen molar-refractivity contribution >= 4 is 0 Å². The highest BCUT2D eigenvalue weighted by Gasteiger charge is 1.98. The molecular formula is C14H23FN2O4. The molecule has 1 aromatic heterocycles. The molecule has 120 valence electrons. The van der Waals surface area contributed by atoms with Gasteiger partial charge in [-0.25, -0.2) is 9.97 Å². The number of nitrogens with zero attached hydrogens (tertiary/aromatic N) is 2. The van der Waals surface area contributed by atoms with E-state index in [1.165, 1.54) is 0 Å². The summed E-state index contributed by atoms with van der Waals surface area (Å²) >= 11 is 0. The zero-order valence-electron chi connectivity index (χ0n) is 12.4. The van der Waals surface area contributed by atoms with Crippen molar-refractivity contribution in [1.29, 1.82) is 0 Å². The summed E-state index contributed by atoms with van der Waals surface area (Å²) in [7, 11) is 0. The molecule has 0 N–H and O–H groups in total. The van der Waals surface area contributed by atoms with Crippen molar-refractivity contribution in [2.45, 2.75) is 19.8 Å². The molecule has 1 heterocycles. The second-order valence-corrected chi connectivity index (χ2v) is 4.22. The van der Waals surface area contributed by atoms with E-state index >= 15 is 0 Å². The molecule has 1 rings (SSSR count). The number of aromatic nitrogens is 2. The number of rotatable bonds is 13. The van der Waals surface area contributed by atoms with Gasteiger partial charge in [0.2, 0.25) is 11.8 Å². The minimum Gasteiger partial charge on any atom is -0.475 e. The molecule has 0 fully saturated rings. The van der Waals surface area contributed by atoms with Crippen LogP contribution in [0.4, 0.5) is 4.39 Å². The van der Waals surface area contributed by atoms with Gasteiger partial charge in [-0.05, 0) is 6.42 Å². The first-order chi connectivity index (χ1) is 10.3. The quantitative estimate of drug-likeness (QED) is 0.409. The van der Waals surface area contributed by atoms with Crippen molar-refractivity contribution in [3.8, 4) is 5.88 Å². The number of ether oxygens (including phenoxy) is 4. The van der Waals surface area contributed by atoms with E-state index in [2.05, 4.69) is 16.9 Å². The molecule has 0 radical (unpaired) electrons. The molecule has 0 aliphatic heterocycles. The van der Waals surface area contributed by atoms with Crippen LogP contribution in [0.2, 0.25) is 0 Å². The third-order valence-electron chi connectivity index (χ3n) is 2.47. The van der Waals surface area contributed by atoms with Crippen LogP contribution in [0.1, 0.15) is 19.8 Å². The van der Waals surface area contributed by atoms with Crippen LogP contribution in [-0.2, 0) is 14.2 Å². The third kappa shape index (κ3) is 10.1. The fourth-order valence-corrected chi connectivity index (χ4v) is 1.39. The Kier molecular flexibility index (Phi) is 10.5. The molecule has 0 spiro atoms. The summed E-state index contributed by atoms with van der Waals surface area (Å²) in [4.78, 5) is 7.09. The zero-order chi connectivity index (χ0) is 15.2. The maximum Gasteiger partial charge on any atom is 0.219 e. The van der Waals surface area contributed by atoms with Crippen LogP contribution >= 0.6 is 0 Å². The van der Waals surface area contributed by atoms with Crippen LogP contribution in [-0.4, -0.2) is 56.2 Å². The highest BCUT2D eigenvalue weighted by molar-refractivity contribution is 5.05. The second kappa shape index (κ2) is 12.4. The predicted molar refractivity (Wildman–Crippen MR) is 74.9 cm³/mol. The molecule has 6 nitrogen and oxygen atoms in total. The summed E-state index contributed by atoms with van der Waals surface area (Å²) in [5.41, 5.74) is 0. The minimum absolute atomic E-state index is 0.201. The van der Waals surface area contributed by atoms with Crippen LogP contribution < -0.4 is 4.74 Å². The Morgan fingerprint density at radius 3 is 2.14 bits per heavy atom. The molecule has 0 atom stereocenters. The molecule has 21 heavy (non-hydrogen) atoms. The van der Waals surface area contributed by atoms with E-state index in [-0.39, 0.29) is 5.88 Å². The molecule has 7 heteroatoms. The first-order valence-corrected chi connectivity index (χ1v) is 7.16. The second-order valence-electron chi connectivity index (χ2n) is 4.22. The fourth-order valence-electron chi connectivity index (χ4n) is 1.39. The van der Waals surface area contributed by atoms with Gasteiger partial charge in [-0.15, -0.1) is 0 Å². The normalized spacial score (nSPS) is 10.8. The number of hydrogen-bond acceptors (Lipinski definition) is 6. The minimum atomic E-state index is -0.615. The van der Waals surface area contributed by atoms with E-state index in [0.29, 0.717) is 39.6 Å². The Labute approximate surface area is 124 Å². The lowest BCUT2D eigenvalue weighted by Gasteiger charge is -2.07. The van der Waals surface area contributed by atoms with Crippen LogP contribution in [0.5, 0.6) is 5.88 Å². The molecule has 0 saturated heterocycles. The van der Waals surface area contributed by atoms with E-state index in [0.717, 1.165) is 31.8 Å². The molecular weight excluding hydrogens is 279 g/mol. The van der Waals surface area contributed by atoms with Crippen molar-refractivity contribution in [3.63, 3.8) is 0 Å². The van der Waals surface area contributed by atoms with Gasteiger partial charge in [0, 0.05) is 6.61 Å². The van der Waals surface area contributed by atoms with Gasteiger partial charge in [-0.3, -0.25) is 0 Å². The summed E-state index contributed by atoms with van der Waals surface area (Å²) in [6.07, 6.45) is 3.33. The largest absolute Gasteiger partial charge is 0.475 e. The Bertz CT molecular complexity index is 369. The summed E-state index contributed by atoms with van der Waals surface area (Å²) in [5, 5.41) is 0. The number of halogens is 1. The number of hydrogen-bond donors (Lipinski definition) is 0. The van der Waals surface area contributed by atoms with E-state index in [9.17, 15) is 4.39 Å². The molecule has 1 aromatic rings. The first-order valence-electron chi connectivity index (χ1n) is 7.16. The maximum atomic E-state index is 12.7. The van der Waals surface area contributed by atoms with Gasteiger partial charge in [-0.1, -0.05) is 13.3 Å². The Hall–Kier alpha value is -1.31. The zero-order valence-corrected chi connectivity index (χ0v) is 12.4. The maximum absolute atomic E-state index is 12.7. The molecule has 0 aromatic carbocycles. The lowest BCUT2D eigenvalue weighted by atomic mass is 10.4. The summed E-state index contributed by atoms with van der Waals surface area (Å²) in [6.45, 7) is 5.79. The van der Waals surface area contributed by atoms with Gasteiger partial charge < -0.3 is 18.9 Å². The van der Waals surface area contributed by atoms with Gasteiger partial charge in [0.25, 0.3) is 0 Å². The lowest BCUT2D eigenvalue weighted by molar-refractivity contribution is 0.00869. The first kappa shape index (κ1) is 17.7. The Morgan fingerprint density at radius 1 is 0.905 bits per heavy atom. The summed E-state index contributed by atoms with van der Waals surface area (Å²) in [6, 6.07) is 1.13. The lowest BCUT2D eigenvalue weighted by Crippen LogP contribution is -2.13. The van der Waals surface area contributed by atoms with Gasteiger partial charge in [-0.2, -0.15) is 4.39 Å². The van der Waals surface area contributed by atoms with Crippen molar-refractivity contribution in [3.05, 3.63) is 18.3 Å². The molecule has 0 bridgehead atoms. The van der Waals surface area contributed by atoms with Gasteiger partial charge in [0.05, 0.1) is 39.1 Å². The molecule has 0 unspecified atom stereocenters. The summed E-state index contributed by atoms with van der Waals surface area (Å²) < 4.78 is 33.9.